The number of hydrogen-bond donors (Lipinski definition) is 2. The molecule has 1 aromatic heterocycles. The van der Waals surface area contributed by atoms with Crippen molar-refractivity contribution >= 4 is 52.6 Å². The van der Waals surface area contributed by atoms with Crippen molar-refractivity contribution in [3.8, 4) is 0 Å². The molecule has 7 nitrogen and oxygen atoms in total. The molecule has 0 aliphatic carbocycles. The number of halogens is 3. The summed E-state index contributed by atoms with van der Waals surface area (Å²) in [6.45, 7) is 2.41. The van der Waals surface area contributed by atoms with E-state index in [1.165, 1.54) is 12.3 Å². The van der Waals surface area contributed by atoms with Gasteiger partial charge in [-0.1, -0.05) is 40.9 Å². The Labute approximate surface area is 176 Å². The van der Waals surface area contributed by atoms with E-state index in [0.29, 0.717) is 48.6 Å². The van der Waals surface area contributed by atoms with Crippen LogP contribution < -0.4 is 10.2 Å². The van der Waals surface area contributed by atoms with Gasteiger partial charge in [-0.2, -0.15) is 0 Å². The maximum absolute atomic E-state index is 12.4. The SMILES string of the molecule is O=C(O)c1cnc(N2CCN(C(=O)NCc3ccc(Cl)c(Cl)c3)CC2)c(Cl)c1. The number of aromatic carboxylic acids is 1. The van der Waals surface area contributed by atoms with Crippen LogP contribution in [-0.2, 0) is 6.54 Å². The van der Waals surface area contributed by atoms with E-state index < -0.39 is 5.97 Å². The summed E-state index contributed by atoms with van der Waals surface area (Å²) in [5.74, 6) is -0.563. The molecule has 2 aromatic rings. The van der Waals surface area contributed by atoms with Crippen molar-refractivity contribution in [1.29, 1.82) is 0 Å². The van der Waals surface area contributed by atoms with E-state index in [-0.39, 0.29) is 16.6 Å². The Morgan fingerprint density at radius 1 is 1.04 bits per heavy atom. The van der Waals surface area contributed by atoms with Crippen LogP contribution in [0.3, 0.4) is 0 Å². The zero-order valence-electron chi connectivity index (χ0n) is 14.7. The molecule has 1 aliphatic heterocycles. The predicted octanol–water partition coefficient (Wildman–Crippen LogP) is 3.77. The fraction of sp³-hybridized carbons (Fsp3) is 0.278. The lowest BCUT2D eigenvalue weighted by molar-refractivity contribution is 0.0696. The molecule has 1 fully saturated rings. The molecule has 0 atom stereocenters. The van der Waals surface area contributed by atoms with Gasteiger partial charge in [-0.05, 0) is 23.8 Å². The fourth-order valence-corrected chi connectivity index (χ4v) is 3.45. The number of rotatable bonds is 4. The Hall–Kier alpha value is -2.22. The zero-order valence-corrected chi connectivity index (χ0v) is 16.9. The van der Waals surface area contributed by atoms with Crippen LogP contribution >= 0.6 is 34.8 Å². The van der Waals surface area contributed by atoms with Crippen LogP contribution in [-0.4, -0.2) is 53.2 Å². The monoisotopic (exact) mass is 442 g/mol. The summed E-state index contributed by atoms with van der Waals surface area (Å²) in [6, 6.07) is 6.42. The third-order valence-electron chi connectivity index (χ3n) is 4.36. The molecule has 0 radical (unpaired) electrons. The van der Waals surface area contributed by atoms with E-state index in [4.69, 9.17) is 39.9 Å². The third kappa shape index (κ3) is 4.79. The van der Waals surface area contributed by atoms with E-state index in [1.807, 2.05) is 4.90 Å². The molecule has 0 spiro atoms. The Morgan fingerprint density at radius 3 is 2.36 bits per heavy atom. The van der Waals surface area contributed by atoms with Crippen molar-refractivity contribution in [2.75, 3.05) is 31.1 Å². The number of pyridine rings is 1. The predicted molar refractivity (Wildman–Crippen MR) is 109 cm³/mol. The topological polar surface area (TPSA) is 85.8 Å². The van der Waals surface area contributed by atoms with Gasteiger partial charge in [-0.3, -0.25) is 0 Å². The average Bonchev–Trinajstić information content (AvgIpc) is 2.68. The number of carboxylic acid groups (broad SMARTS) is 1. The van der Waals surface area contributed by atoms with Gasteiger partial charge in [0, 0.05) is 38.9 Å². The van der Waals surface area contributed by atoms with Gasteiger partial charge in [0.2, 0.25) is 0 Å². The second-order valence-electron chi connectivity index (χ2n) is 6.22. The van der Waals surface area contributed by atoms with Crippen LogP contribution in [0.5, 0.6) is 0 Å². The van der Waals surface area contributed by atoms with Crippen molar-refractivity contribution in [2.45, 2.75) is 6.54 Å². The van der Waals surface area contributed by atoms with E-state index in [9.17, 15) is 9.59 Å². The molecule has 10 heteroatoms. The number of carbonyl (C=O) groups is 2. The number of urea groups is 1. The lowest BCUT2D eigenvalue weighted by Crippen LogP contribution is -2.52. The number of aromatic nitrogens is 1. The van der Waals surface area contributed by atoms with Crippen LogP contribution in [0, 0.1) is 0 Å². The number of hydrogen-bond acceptors (Lipinski definition) is 4. The number of carboxylic acids is 1. The highest BCUT2D eigenvalue weighted by Crippen LogP contribution is 2.25. The standard InChI is InChI=1S/C18H17Cl3N4O3/c19-13-2-1-11(7-14(13)20)9-23-18(28)25-5-3-24(4-6-25)16-15(21)8-12(10-22-16)17(26)27/h1-2,7-8,10H,3-6,9H2,(H,23,28)(H,26,27). The number of carbonyl (C=O) groups excluding carboxylic acids is 1. The minimum Gasteiger partial charge on any atom is -0.478 e. The van der Waals surface area contributed by atoms with Crippen LogP contribution in [0.4, 0.5) is 10.6 Å². The van der Waals surface area contributed by atoms with E-state index in [1.54, 1.807) is 23.1 Å². The highest BCUT2D eigenvalue weighted by atomic mass is 35.5. The van der Waals surface area contributed by atoms with Crippen molar-refractivity contribution < 1.29 is 14.7 Å². The van der Waals surface area contributed by atoms with Gasteiger partial charge in [-0.25, -0.2) is 14.6 Å². The highest BCUT2D eigenvalue weighted by molar-refractivity contribution is 6.42. The van der Waals surface area contributed by atoms with Crippen LogP contribution in [0.25, 0.3) is 0 Å². The summed E-state index contributed by atoms with van der Waals surface area (Å²) in [7, 11) is 0. The van der Waals surface area contributed by atoms with Gasteiger partial charge >= 0.3 is 12.0 Å². The second-order valence-corrected chi connectivity index (χ2v) is 7.44. The first-order chi connectivity index (χ1) is 13.3. The minimum absolute atomic E-state index is 0.0362. The molecule has 148 valence electrons. The van der Waals surface area contributed by atoms with E-state index >= 15 is 0 Å². The maximum Gasteiger partial charge on any atom is 0.337 e. The molecule has 2 heterocycles. The first-order valence-electron chi connectivity index (χ1n) is 8.45. The van der Waals surface area contributed by atoms with Crippen molar-refractivity contribution in [1.82, 2.24) is 15.2 Å². The molecular weight excluding hydrogens is 427 g/mol. The molecule has 3 rings (SSSR count). The summed E-state index contributed by atoms with van der Waals surface area (Å²) in [5, 5.41) is 13.0. The summed E-state index contributed by atoms with van der Waals surface area (Å²) in [5.41, 5.74) is 0.893. The zero-order chi connectivity index (χ0) is 20.3. The van der Waals surface area contributed by atoms with Gasteiger partial charge in [0.15, 0.2) is 0 Å². The van der Waals surface area contributed by atoms with Crippen molar-refractivity contribution in [3.63, 3.8) is 0 Å². The smallest absolute Gasteiger partial charge is 0.337 e. The fourth-order valence-electron chi connectivity index (χ4n) is 2.84. The average molecular weight is 444 g/mol. The number of piperazine rings is 1. The molecule has 0 bridgehead atoms. The number of nitrogens with one attached hydrogen (secondary N) is 1. The van der Waals surface area contributed by atoms with E-state index in [0.717, 1.165) is 5.56 Å². The van der Waals surface area contributed by atoms with Crippen molar-refractivity contribution in [2.24, 2.45) is 0 Å². The van der Waals surface area contributed by atoms with Crippen LogP contribution in [0.15, 0.2) is 30.5 Å². The Kier molecular flexibility index (Phi) is 6.49. The molecule has 0 saturated carbocycles. The molecule has 1 saturated heterocycles. The van der Waals surface area contributed by atoms with E-state index in [2.05, 4.69) is 10.3 Å². The molecule has 1 aromatic carbocycles. The maximum atomic E-state index is 12.4. The third-order valence-corrected chi connectivity index (χ3v) is 5.38. The normalized spacial score (nSPS) is 14.1. The molecule has 0 unspecified atom stereocenters. The van der Waals surface area contributed by atoms with Crippen molar-refractivity contribution in [3.05, 3.63) is 56.7 Å². The van der Waals surface area contributed by atoms with Gasteiger partial charge < -0.3 is 20.2 Å². The molecule has 2 N–H and O–H groups in total. The lowest BCUT2D eigenvalue weighted by Gasteiger charge is -2.35. The summed E-state index contributed by atoms with van der Waals surface area (Å²) in [4.78, 5) is 31.1. The summed E-state index contributed by atoms with van der Waals surface area (Å²) in [6.07, 6.45) is 1.28. The van der Waals surface area contributed by atoms with Crippen LogP contribution in [0.2, 0.25) is 15.1 Å². The first-order valence-corrected chi connectivity index (χ1v) is 9.59. The second kappa shape index (κ2) is 8.86. The minimum atomic E-state index is -1.08. The van der Waals surface area contributed by atoms with Gasteiger partial charge in [0.1, 0.15) is 5.82 Å². The largest absolute Gasteiger partial charge is 0.478 e. The highest BCUT2D eigenvalue weighted by Gasteiger charge is 2.23. The van der Waals surface area contributed by atoms with Gasteiger partial charge in [0.05, 0.1) is 20.6 Å². The summed E-state index contributed by atoms with van der Waals surface area (Å²) >= 11 is 18.0. The molecule has 28 heavy (non-hydrogen) atoms. The Morgan fingerprint density at radius 2 is 1.75 bits per heavy atom. The van der Waals surface area contributed by atoms with Gasteiger partial charge in [-0.15, -0.1) is 0 Å². The molecule has 2 amide bonds. The van der Waals surface area contributed by atoms with Crippen LogP contribution in [0.1, 0.15) is 15.9 Å². The molecular formula is C18H17Cl3N4O3. The Bertz CT molecular complexity index is 902. The number of benzene rings is 1. The number of anilines is 1. The van der Waals surface area contributed by atoms with Gasteiger partial charge in [0.25, 0.3) is 0 Å². The number of amides is 2. The summed E-state index contributed by atoms with van der Waals surface area (Å²) < 4.78 is 0. The first kappa shape index (κ1) is 20.5. The lowest BCUT2D eigenvalue weighted by atomic mass is 10.2. The molecule has 1 aliphatic rings. The number of nitrogens with zero attached hydrogens (tertiary/aromatic N) is 3. The Balaban J connectivity index is 1.54. The quantitative estimate of drug-likeness (QED) is 0.751.